The summed E-state index contributed by atoms with van der Waals surface area (Å²) < 4.78 is 4.83. The summed E-state index contributed by atoms with van der Waals surface area (Å²) in [4.78, 5) is 19.4. The van der Waals surface area contributed by atoms with E-state index in [0.717, 1.165) is 56.3 Å². The molecule has 1 aliphatic rings. The molecule has 1 aromatic rings. The van der Waals surface area contributed by atoms with Crippen LogP contribution in [0.15, 0.2) is 0 Å². The van der Waals surface area contributed by atoms with Crippen LogP contribution in [0.5, 0.6) is 0 Å². The van der Waals surface area contributed by atoms with Crippen LogP contribution in [0.3, 0.4) is 0 Å². The number of ether oxygens (including phenoxy) is 1. The third-order valence-corrected chi connectivity index (χ3v) is 4.23. The Morgan fingerprint density at radius 2 is 2.21 bits per heavy atom. The van der Waals surface area contributed by atoms with Gasteiger partial charge in [-0.15, -0.1) is 11.3 Å². The molecule has 0 spiro atoms. The van der Waals surface area contributed by atoms with Crippen molar-refractivity contribution in [2.24, 2.45) is 0 Å². The van der Waals surface area contributed by atoms with Crippen molar-refractivity contribution in [3.05, 3.63) is 15.6 Å². The second kappa shape index (κ2) is 6.98. The van der Waals surface area contributed by atoms with Crippen LogP contribution in [0, 0.1) is 0 Å². The summed E-state index contributed by atoms with van der Waals surface area (Å²) >= 11 is 1.48. The molecule has 2 rings (SSSR count). The summed E-state index contributed by atoms with van der Waals surface area (Å²) in [5.41, 5.74) is 0.893. The van der Waals surface area contributed by atoms with E-state index in [1.807, 2.05) is 0 Å². The first kappa shape index (κ1) is 14.4. The van der Waals surface area contributed by atoms with Crippen molar-refractivity contribution in [2.75, 3.05) is 33.3 Å². The molecular formula is C13H21N3O2S. The number of carbonyl (C=O) groups is 1. The number of esters is 1. The molecule has 0 amide bonds. The van der Waals surface area contributed by atoms with Crippen LogP contribution in [0.1, 0.15) is 33.7 Å². The van der Waals surface area contributed by atoms with Crippen LogP contribution in [0.4, 0.5) is 0 Å². The maximum atomic E-state index is 11.7. The minimum absolute atomic E-state index is 0.257. The number of piperazine rings is 1. The van der Waals surface area contributed by atoms with E-state index in [-0.39, 0.29) is 5.97 Å². The highest BCUT2D eigenvalue weighted by atomic mass is 32.1. The molecule has 2 heterocycles. The summed E-state index contributed by atoms with van der Waals surface area (Å²) in [6.45, 7) is 7.05. The molecule has 1 aromatic heterocycles. The summed E-state index contributed by atoms with van der Waals surface area (Å²) in [6, 6.07) is 0. The molecule has 0 atom stereocenters. The summed E-state index contributed by atoms with van der Waals surface area (Å²) in [6.07, 6.45) is 1.82. The van der Waals surface area contributed by atoms with E-state index in [1.54, 1.807) is 0 Å². The lowest BCUT2D eigenvalue weighted by Crippen LogP contribution is -2.42. The molecule has 6 heteroatoms. The zero-order chi connectivity index (χ0) is 13.7. The van der Waals surface area contributed by atoms with Gasteiger partial charge in [-0.05, 0) is 6.42 Å². The molecule has 106 valence electrons. The number of methoxy groups -OCH3 is 1. The quantitative estimate of drug-likeness (QED) is 0.825. The van der Waals surface area contributed by atoms with E-state index in [1.165, 1.54) is 18.4 Å². The van der Waals surface area contributed by atoms with Crippen LogP contribution in [-0.2, 0) is 17.7 Å². The van der Waals surface area contributed by atoms with Gasteiger partial charge in [-0.1, -0.05) is 13.3 Å². The Morgan fingerprint density at radius 3 is 2.84 bits per heavy atom. The molecule has 0 radical (unpaired) electrons. The molecule has 0 aliphatic carbocycles. The van der Waals surface area contributed by atoms with E-state index >= 15 is 0 Å². The lowest BCUT2D eigenvalue weighted by Gasteiger charge is -2.26. The number of hydrogen-bond acceptors (Lipinski definition) is 6. The molecule has 19 heavy (non-hydrogen) atoms. The normalized spacial score (nSPS) is 16.5. The van der Waals surface area contributed by atoms with Gasteiger partial charge in [-0.2, -0.15) is 0 Å². The first-order valence-corrected chi connectivity index (χ1v) is 7.56. The first-order chi connectivity index (χ1) is 9.24. The number of thiazole rings is 1. The number of carbonyl (C=O) groups excluding carboxylic acids is 1. The van der Waals surface area contributed by atoms with E-state index in [9.17, 15) is 4.79 Å². The second-order valence-corrected chi connectivity index (χ2v) is 5.73. The van der Waals surface area contributed by atoms with Crippen LogP contribution in [-0.4, -0.2) is 49.1 Å². The monoisotopic (exact) mass is 283 g/mol. The molecule has 1 aliphatic heterocycles. The Labute approximate surface area is 118 Å². The molecule has 1 fully saturated rings. The number of nitrogens with one attached hydrogen (secondary N) is 1. The van der Waals surface area contributed by atoms with E-state index in [0.29, 0.717) is 4.88 Å². The highest BCUT2D eigenvalue weighted by Gasteiger charge is 2.19. The molecule has 0 saturated carbocycles. The summed E-state index contributed by atoms with van der Waals surface area (Å²) in [5, 5.41) is 4.35. The maximum Gasteiger partial charge on any atom is 0.349 e. The first-order valence-electron chi connectivity index (χ1n) is 6.74. The van der Waals surface area contributed by atoms with Crippen LogP contribution in [0.25, 0.3) is 0 Å². The lowest BCUT2D eigenvalue weighted by molar-refractivity contribution is 0.0605. The van der Waals surface area contributed by atoms with E-state index < -0.39 is 0 Å². The van der Waals surface area contributed by atoms with Crippen molar-refractivity contribution >= 4 is 17.3 Å². The highest BCUT2D eigenvalue weighted by molar-refractivity contribution is 7.13. The van der Waals surface area contributed by atoms with Crippen LogP contribution in [0.2, 0.25) is 0 Å². The largest absolute Gasteiger partial charge is 0.465 e. The zero-order valence-electron chi connectivity index (χ0n) is 11.6. The summed E-state index contributed by atoms with van der Waals surface area (Å²) in [5.74, 6) is -0.257. The van der Waals surface area contributed by atoms with Crippen molar-refractivity contribution in [2.45, 2.75) is 26.3 Å². The van der Waals surface area contributed by atoms with Crippen molar-refractivity contribution in [1.29, 1.82) is 0 Å². The van der Waals surface area contributed by atoms with E-state index in [4.69, 9.17) is 4.74 Å². The highest BCUT2D eigenvalue weighted by Crippen LogP contribution is 2.22. The summed E-state index contributed by atoms with van der Waals surface area (Å²) in [7, 11) is 1.42. The fourth-order valence-electron chi connectivity index (χ4n) is 2.19. The zero-order valence-corrected chi connectivity index (χ0v) is 12.4. The van der Waals surface area contributed by atoms with Gasteiger partial charge >= 0.3 is 5.97 Å². The molecular weight excluding hydrogens is 262 g/mol. The van der Waals surface area contributed by atoms with Crippen molar-refractivity contribution in [3.8, 4) is 0 Å². The Kier molecular flexibility index (Phi) is 5.30. The van der Waals surface area contributed by atoms with Crippen molar-refractivity contribution < 1.29 is 9.53 Å². The van der Waals surface area contributed by atoms with Gasteiger partial charge in [0, 0.05) is 26.2 Å². The van der Waals surface area contributed by atoms with Gasteiger partial charge in [0.1, 0.15) is 9.88 Å². The van der Waals surface area contributed by atoms with Gasteiger partial charge in [0.2, 0.25) is 0 Å². The minimum atomic E-state index is -0.257. The van der Waals surface area contributed by atoms with Gasteiger partial charge in [0.25, 0.3) is 0 Å². The Morgan fingerprint density at radius 1 is 1.47 bits per heavy atom. The SMILES string of the molecule is CCCc1nc(CN2CCNCC2)sc1C(=O)OC. The molecule has 1 saturated heterocycles. The topological polar surface area (TPSA) is 54.5 Å². The van der Waals surface area contributed by atoms with Gasteiger partial charge in [0.05, 0.1) is 19.3 Å². The van der Waals surface area contributed by atoms with Crippen molar-refractivity contribution in [3.63, 3.8) is 0 Å². The standard InChI is InChI=1S/C13H21N3O2S/c1-3-4-10-12(13(17)18-2)19-11(15-10)9-16-7-5-14-6-8-16/h14H,3-9H2,1-2H3. The third-order valence-electron chi connectivity index (χ3n) is 3.17. The smallest absolute Gasteiger partial charge is 0.349 e. The van der Waals surface area contributed by atoms with Crippen LogP contribution >= 0.6 is 11.3 Å². The van der Waals surface area contributed by atoms with Gasteiger partial charge in [0.15, 0.2) is 0 Å². The van der Waals surface area contributed by atoms with Crippen molar-refractivity contribution in [1.82, 2.24) is 15.2 Å². The second-order valence-electron chi connectivity index (χ2n) is 4.65. The maximum absolute atomic E-state index is 11.7. The number of rotatable bonds is 5. The van der Waals surface area contributed by atoms with Crippen LogP contribution < -0.4 is 5.32 Å². The molecule has 1 N–H and O–H groups in total. The Balaban J connectivity index is 2.09. The average molecular weight is 283 g/mol. The molecule has 0 bridgehead atoms. The molecule has 0 aromatic carbocycles. The average Bonchev–Trinajstić information content (AvgIpc) is 2.82. The Hall–Kier alpha value is -0.980. The number of hydrogen-bond donors (Lipinski definition) is 1. The van der Waals surface area contributed by atoms with Gasteiger partial charge < -0.3 is 10.1 Å². The number of aromatic nitrogens is 1. The molecule has 5 nitrogen and oxygen atoms in total. The van der Waals surface area contributed by atoms with Gasteiger partial charge in [-0.25, -0.2) is 9.78 Å². The predicted octanol–water partition coefficient (Wildman–Crippen LogP) is 1.29. The predicted molar refractivity (Wildman–Crippen MR) is 75.6 cm³/mol. The number of aryl methyl sites for hydroxylation is 1. The number of nitrogens with zero attached hydrogens (tertiary/aromatic N) is 2. The minimum Gasteiger partial charge on any atom is -0.465 e. The lowest BCUT2D eigenvalue weighted by atomic mass is 10.2. The fourth-order valence-corrected chi connectivity index (χ4v) is 3.26. The van der Waals surface area contributed by atoms with E-state index in [2.05, 4.69) is 22.1 Å². The molecule has 0 unspecified atom stereocenters. The third kappa shape index (κ3) is 3.75. The fraction of sp³-hybridized carbons (Fsp3) is 0.692. The Bertz CT molecular complexity index is 428. The van der Waals surface area contributed by atoms with Gasteiger partial charge in [-0.3, -0.25) is 4.90 Å².